The molecule has 2 rings (SSSR count). The first-order chi connectivity index (χ1) is 8.93. The smallest absolute Gasteiger partial charge is 0.315 e. The maximum atomic E-state index is 12.1. The molecule has 1 atom stereocenters. The van der Waals surface area contributed by atoms with Crippen LogP contribution in [0, 0.1) is 5.92 Å². The molecule has 0 aromatic heterocycles. The van der Waals surface area contributed by atoms with Crippen LogP contribution in [0.1, 0.15) is 25.7 Å². The zero-order valence-corrected chi connectivity index (χ0v) is 11.8. The van der Waals surface area contributed by atoms with E-state index in [4.69, 9.17) is 0 Å². The number of amides is 1. The van der Waals surface area contributed by atoms with E-state index < -0.39 is 15.8 Å². The Labute approximate surface area is 113 Å². The third-order valence-electron chi connectivity index (χ3n) is 3.69. The van der Waals surface area contributed by atoms with Crippen molar-refractivity contribution in [2.45, 2.75) is 31.7 Å². The average Bonchev–Trinajstić information content (AvgIpc) is 3.15. The number of ether oxygens (including phenoxy) is 1. The largest absolute Gasteiger partial charge is 0.469 e. The van der Waals surface area contributed by atoms with Crippen LogP contribution in [-0.4, -0.2) is 56.4 Å². The fourth-order valence-electron chi connectivity index (χ4n) is 2.53. The van der Waals surface area contributed by atoms with E-state index in [0.717, 1.165) is 12.8 Å². The van der Waals surface area contributed by atoms with E-state index in [0.29, 0.717) is 13.0 Å². The number of hydrogen-bond donors (Lipinski definition) is 0. The molecule has 1 aliphatic carbocycles. The second kappa shape index (κ2) is 5.48. The number of rotatable bonds is 3. The second-order valence-corrected chi connectivity index (χ2v) is 7.44. The van der Waals surface area contributed by atoms with E-state index in [9.17, 15) is 18.0 Å². The topological polar surface area (TPSA) is 80.8 Å². The van der Waals surface area contributed by atoms with Crippen LogP contribution in [-0.2, 0) is 24.2 Å². The Morgan fingerprint density at radius 3 is 2.58 bits per heavy atom. The standard InChI is InChI=1S/C12H19NO5S/c1-18-12(15)7-11(14)13-5-2-6-19(16,17)8-10(13)9-3-4-9/h9-10H,2-8H2,1H3. The van der Waals surface area contributed by atoms with Crippen LogP contribution in [0.4, 0.5) is 0 Å². The number of carbonyl (C=O) groups is 2. The summed E-state index contributed by atoms with van der Waals surface area (Å²) in [5, 5.41) is 0. The van der Waals surface area contributed by atoms with Crippen molar-refractivity contribution in [1.29, 1.82) is 0 Å². The highest BCUT2D eigenvalue weighted by atomic mass is 32.2. The summed E-state index contributed by atoms with van der Waals surface area (Å²) in [6, 6.07) is -0.260. The van der Waals surface area contributed by atoms with E-state index in [1.54, 1.807) is 4.90 Å². The zero-order chi connectivity index (χ0) is 14.0. The van der Waals surface area contributed by atoms with Gasteiger partial charge < -0.3 is 9.64 Å². The van der Waals surface area contributed by atoms with Crippen LogP contribution in [0.2, 0.25) is 0 Å². The molecule has 1 heterocycles. The first kappa shape index (κ1) is 14.3. The van der Waals surface area contributed by atoms with Crippen molar-refractivity contribution >= 4 is 21.7 Å². The van der Waals surface area contributed by atoms with Crippen molar-refractivity contribution < 1.29 is 22.7 Å². The van der Waals surface area contributed by atoms with Gasteiger partial charge in [0.25, 0.3) is 0 Å². The molecule has 1 aliphatic heterocycles. The van der Waals surface area contributed by atoms with Gasteiger partial charge in [0.2, 0.25) is 5.91 Å². The van der Waals surface area contributed by atoms with Gasteiger partial charge in [-0.1, -0.05) is 0 Å². The predicted molar refractivity (Wildman–Crippen MR) is 68.1 cm³/mol. The molecule has 0 bridgehead atoms. The van der Waals surface area contributed by atoms with Gasteiger partial charge in [0.05, 0.1) is 18.6 Å². The predicted octanol–water partition coefficient (Wildman–Crippen LogP) is -0.0248. The van der Waals surface area contributed by atoms with Crippen molar-refractivity contribution in [1.82, 2.24) is 4.90 Å². The van der Waals surface area contributed by atoms with Gasteiger partial charge in [0.1, 0.15) is 6.42 Å². The van der Waals surface area contributed by atoms with Gasteiger partial charge in [-0.25, -0.2) is 8.42 Å². The molecule has 7 heteroatoms. The maximum Gasteiger partial charge on any atom is 0.315 e. The highest BCUT2D eigenvalue weighted by Crippen LogP contribution is 2.37. The molecule has 2 fully saturated rings. The van der Waals surface area contributed by atoms with E-state index in [1.807, 2.05) is 0 Å². The minimum atomic E-state index is -3.08. The molecule has 1 unspecified atom stereocenters. The molecule has 0 radical (unpaired) electrons. The molecule has 0 spiro atoms. The fourth-order valence-corrected chi connectivity index (χ4v) is 4.24. The van der Waals surface area contributed by atoms with E-state index in [2.05, 4.69) is 4.74 Å². The summed E-state index contributed by atoms with van der Waals surface area (Å²) in [6.07, 6.45) is 2.06. The Hall–Kier alpha value is -1.11. The normalized spacial score (nSPS) is 26.6. The Balaban J connectivity index is 2.12. The summed E-state index contributed by atoms with van der Waals surface area (Å²) in [5.74, 6) is -0.468. The number of hydrogen-bond acceptors (Lipinski definition) is 5. The summed E-state index contributed by atoms with van der Waals surface area (Å²) in [7, 11) is -1.85. The average molecular weight is 289 g/mol. The minimum Gasteiger partial charge on any atom is -0.469 e. The van der Waals surface area contributed by atoms with Crippen LogP contribution < -0.4 is 0 Å². The van der Waals surface area contributed by atoms with Gasteiger partial charge in [0, 0.05) is 12.6 Å². The van der Waals surface area contributed by atoms with Gasteiger partial charge in [-0.2, -0.15) is 0 Å². The zero-order valence-electron chi connectivity index (χ0n) is 11.0. The maximum absolute atomic E-state index is 12.1. The lowest BCUT2D eigenvalue weighted by atomic mass is 10.1. The number of esters is 1. The van der Waals surface area contributed by atoms with Gasteiger partial charge in [-0.15, -0.1) is 0 Å². The second-order valence-electron chi connectivity index (χ2n) is 5.21. The van der Waals surface area contributed by atoms with Gasteiger partial charge in [0.15, 0.2) is 9.84 Å². The summed E-state index contributed by atoms with van der Waals surface area (Å²) in [5.41, 5.74) is 0. The molecular weight excluding hydrogens is 270 g/mol. The van der Waals surface area contributed by atoms with Crippen molar-refractivity contribution in [3.05, 3.63) is 0 Å². The third kappa shape index (κ3) is 3.68. The molecule has 108 valence electrons. The molecule has 0 aromatic carbocycles. The summed E-state index contributed by atoms with van der Waals surface area (Å²) >= 11 is 0. The highest BCUT2D eigenvalue weighted by Gasteiger charge is 2.41. The molecule has 1 saturated heterocycles. The lowest BCUT2D eigenvalue weighted by Gasteiger charge is -2.29. The lowest BCUT2D eigenvalue weighted by Crippen LogP contribution is -2.44. The van der Waals surface area contributed by atoms with E-state index in [1.165, 1.54) is 7.11 Å². The summed E-state index contributed by atoms with van der Waals surface area (Å²) in [4.78, 5) is 24.9. The molecule has 6 nitrogen and oxygen atoms in total. The Morgan fingerprint density at radius 1 is 1.32 bits per heavy atom. The first-order valence-corrected chi connectivity index (χ1v) is 8.32. The molecule has 1 amide bonds. The third-order valence-corrected chi connectivity index (χ3v) is 5.45. The first-order valence-electron chi connectivity index (χ1n) is 6.49. The molecule has 1 saturated carbocycles. The van der Waals surface area contributed by atoms with E-state index in [-0.39, 0.29) is 35.8 Å². The number of sulfone groups is 1. The molecule has 2 aliphatic rings. The molecule has 19 heavy (non-hydrogen) atoms. The van der Waals surface area contributed by atoms with Gasteiger partial charge >= 0.3 is 5.97 Å². The van der Waals surface area contributed by atoms with Crippen LogP contribution >= 0.6 is 0 Å². The van der Waals surface area contributed by atoms with Crippen molar-refractivity contribution in [2.75, 3.05) is 25.2 Å². The Bertz CT molecular complexity index is 469. The quantitative estimate of drug-likeness (QED) is 0.538. The summed E-state index contributed by atoms with van der Waals surface area (Å²) in [6.45, 7) is 0.413. The minimum absolute atomic E-state index is 0.0323. The fraction of sp³-hybridized carbons (Fsp3) is 0.833. The number of nitrogens with zero attached hydrogens (tertiary/aromatic N) is 1. The van der Waals surface area contributed by atoms with Crippen molar-refractivity contribution in [3.8, 4) is 0 Å². The van der Waals surface area contributed by atoms with Crippen LogP contribution in [0.25, 0.3) is 0 Å². The van der Waals surface area contributed by atoms with Gasteiger partial charge in [-0.3, -0.25) is 9.59 Å². The highest BCUT2D eigenvalue weighted by molar-refractivity contribution is 7.91. The van der Waals surface area contributed by atoms with E-state index >= 15 is 0 Å². The molecular formula is C12H19NO5S. The van der Waals surface area contributed by atoms with Crippen LogP contribution in [0.15, 0.2) is 0 Å². The Morgan fingerprint density at radius 2 is 2.00 bits per heavy atom. The molecule has 0 aromatic rings. The monoisotopic (exact) mass is 289 g/mol. The van der Waals surface area contributed by atoms with Crippen molar-refractivity contribution in [2.24, 2.45) is 5.92 Å². The number of methoxy groups -OCH3 is 1. The number of carbonyl (C=O) groups excluding carboxylic acids is 2. The van der Waals surface area contributed by atoms with Crippen molar-refractivity contribution in [3.63, 3.8) is 0 Å². The van der Waals surface area contributed by atoms with Crippen LogP contribution in [0.5, 0.6) is 0 Å². The SMILES string of the molecule is COC(=O)CC(=O)N1CCCS(=O)(=O)CC1C1CC1. The lowest BCUT2D eigenvalue weighted by molar-refractivity contribution is -0.147. The Kier molecular flexibility index (Phi) is 4.13. The van der Waals surface area contributed by atoms with Gasteiger partial charge in [-0.05, 0) is 25.2 Å². The van der Waals surface area contributed by atoms with Crippen LogP contribution in [0.3, 0.4) is 0 Å². The summed E-state index contributed by atoms with van der Waals surface area (Å²) < 4.78 is 28.2. The molecule has 0 N–H and O–H groups in total.